The highest BCUT2D eigenvalue weighted by atomic mass is 16.3. The summed E-state index contributed by atoms with van der Waals surface area (Å²) in [6.45, 7) is 6.62. The van der Waals surface area contributed by atoms with Gasteiger partial charge in [-0.25, -0.2) is 4.98 Å². The van der Waals surface area contributed by atoms with Crippen LogP contribution in [-0.2, 0) is 4.79 Å². The first-order valence-corrected chi connectivity index (χ1v) is 11.6. The minimum atomic E-state index is -0.622. The molecule has 0 spiro atoms. The second-order valence-electron chi connectivity index (χ2n) is 9.90. The third-order valence-electron chi connectivity index (χ3n) is 7.97. The Balaban J connectivity index is 1.73. The molecular formula is C24H35N5O3. The fourth-order valence-electron chi connectivity index (χ4n) is 6.01. The maximum atomic E-state index is 12.9. The molecule has 0 radical (unpaired) electrons. The van der Waals surface area contributed by atoms with Gasteiger partial charge in [0.2, 0.25) is 5.91 Å². The molecule has 1 heterocycles. The van der Waals surface area contributed by atoms with E-state index in [1.807, 2.05) is 6.92 Å². The molecule has 2 amide bonds. The smallest absolute Gasteiger partial charge is 0.271 e. The molecule has 32 heavy (non-hydrogen) atoms. The molecule has 1 unspecified atom stereocenters. The minimum absolute atomic E-state index is 0.0122. The van der Waals surface area contributed by atoms with Crippen molar-refractivity contribution in [1.29, 1.82) is 5.26 Å². The monoisotopic (exact) mass is 441 g/mol. The van der Waals surface area contributed by atoms with E-state index in [2.05, 4.69) is 35.2 Å². The van der Waals surface area contributed by atoms with Crippen molar-refractivity contribution >= 4 is 11.8 Å². The molecule has 2 aliphatic rings. The number of aromatic nitrogens is 2. The summed E-state index contributed by atoms with van der Waals surface area (Å²) >= 11 is 0. The third-order valence-corrected chi connectivity index (χ3v) is 7.97. The van der Waals surface area contributed by atoms with Crippen LogP contribution in [0.2, 0.25) is 0 Å². The van der Waals surface area contributed by atoms with E-state index >= 15 is 0 Å². The van der Waals surface area contributed by atoms with Gasteiger partial charge in [0, 0.05) is 37.9 Å². The van der Waals surface area contributed by atoms with Crippen molar-refractivity contribution in [1.82, 2.24) is 20.2 Å². The van der Waals surface area contributed by atoms with Gasteiger partial charge in [-0.15, -0.1) is 0 Å². The number of nitriles is 1. The Hall–Kier alpha value is -2.53. The molecule has 2 saturated carbocycles. The van der Waals surface area contributed by atoms with Crippen LogP contribution in [0.5, 0.6) is 0 Å². The van der Waals surface area contributed by atoms with Crippen LogP contribution < -0.4 is 5.32 Å². The average Bonchev–Trinajstić information content (AvgIpc) is 2.79. The fourth-order valence-corrected chi connectivity index (χ4v) is 6.01. The number of nitrogens with one attached hydrogen (secondary N) is 1. The predicted molar refractivity (Wildman–Crippen MR) is 119 cm³/mol. The average molecular weight is 442 g/mol. The lowest BCUT2D eigenvalue weighted by Crippen LogP contribution is -2.58. The molecule has 8 nitrogen and oxygen atoms in total. The van der Waals surface area contributed by atoms with Crippen molar-refractivity contribution in [3.8, 4) is 6.07 Å². The molecule has 1 aromatic rings. The molecule has 7 atom stereocenters. The van der Waals surface area contributed by atoms with Crippen LogP contribution in [0.4, 0.5) is 0 Å². The number of hydrogen-bond acceptors (Lipinski definition) is 6. The number of nitrogens with zero attached hydrogens (tertiary/aromatic N) is 4. The molecule has 2 fully saturated rings. The van der Waals surface area contributed by atoms with E-state index in [0.29, 0.717) is 13.0 Å². The number of hydrogen-bond donors (Lipinski definition) is 2. The van der Waals surface area contributed by atoms with Gasteiger partial charge in [0.1, 0.15) is 5.69 Å². The maximum Gasteiger partial charge on any atom is 0.271 e. The topological polar surface area (TPSA) is 119 Å². The Morgan fingerprint density at radius 3 is 2.75 bits per heavy atom. The molecule has 3 rings (SSSR count). The summed E-state index contributed by atoms with van der Waals surface area (Å²) in [5.41, 5.74) is 0.271. The van der Waals surface area contributed by atoms with Crippen LogP contribution in [0, 0.1) is 40.4 Å². The Morgan fingerprint density at radius 2 is 2.09 bits per heavy atom. The van der Waals surface area contributed by atoms with Crippen molar-refractivity contribution in [3.63, 3.8) is 0 Å². The van der Waals surface area contributed by atoms with E-state index in [0.717, 1.165) is 25.7 Å². The van der Waals surface area contributed by atoms with Crippen LogP contribution >= 0.6 is 0 Å². The van der Waals surface area contributed by atoms with Gasteiger partial charge in [0.15, 0.2) is 0 Å². The highest BCUT2D eigenvalue weighted by Crippen LogP contribution is 2.55. The molecule has 2 N–H and O–H groups in total. The predicted octanol–water partition coefficient (Wildman–Crippen LogP) is 2.41. The molecular weight excluding hydrogens is 406 g/mol. The molecule has 8 heteroatoms. The molecule has 0 aromatic carbocycles. The quantitative estimate of drug-likeness (QED) is 0.700. The van der Waals surface area contributed by atoms with Crippen LogP contribution in [0.3, 0.4) is 0 Å². The second-order valence-corrected chi connectivity index (χ2v) is 9.90. The molecule has 0 aliphatic heterocycles. The Labute approximate surface area is 190 Å². The van der Waals surface area contributed by atoms with Crippen molar-refractivity contribution in [2.45, 2.75) is 65.0 Å². The van der Waals surface area contributed by atoms with Gasteiger partial charge in [0.05, 0.1) is 24.8 Å². The van der Waals surface area contributed by atoms with Gasteiger partial charge in [-0.05, 0) is 48.9 Å². The minimum Gasteiger partial charge on any atom is -0.392 e. The molecule has 2 aliphatic carbocycles. The Kier molecular flexibility index (Phi) is 7.50. The number of carbonyl (C=O) groups excluding carboxylic acids is 2. The molecule has 0 saturated heterocycles. The lowest BCUT2D eigenvalue weighted by molar-refractivity contribution is -0.149. The summed E-state index contributed by atoms with van der Waals surface area (Å²) < 4.78 is 0. The van der Waals surface area contributed by atoms with Gasteiger partial charge in [-0.3, -0.25) is 14.6 Å². The normalized spacial score (nSPS) is 32.8. The van der Waals surface area contributed by atoms with Crippen LogP contribution in [-0.4, -0.2) is 57.5 Å². The zero-order valence-corrected chi connectivity index (χ0v) is 19.5. The summed E-state index contributed by atoms with van der Waals surface area (Å²) in [6.07, 6.45) is 7.68. The van der Waals surface area contributed by atoms with E-state index in [9.17, 15) is 14.7 Å². The number of rotatable bonds is 6. The van der Waals surface area contributed by atoms with E-state index in [1.54, 1.807) is 11.9 Å². The Bertz CT molecular complexity index is 857. The largest absolute Gasteiger partial charge is 0.392 e. The summed E-state index contributed by atoms with van der Waals surface area (Å²) in [5.74, 6) is -0.679. The number of aliphatic hydroxyl groups excluding tert-OH is 1. The maximum absolute atomic E-state index is 12.9. The standard InChI is InChI=1S/C24H35N5O3/c1-15(23(32)29(4)13-5-10-25)17-6-8-24(3)9-7-18(16(2)20(24)21(17)30)28-22(31)19-14-26-11-12-27-19/h11-12,14-18,20-21,30H,5-9,13H2,1-4H3,(H,28,31)/t15-,16+,17?,18-,20+,21-,24-/m0/s1. The highest BCUT2D eigenvalue weighted by molar-refractivity contribution is 5.92. The molecule has 1 aromatic heterocycles. The van der Waals surface area contributed by atoms with E-state index in [4.69, 9.17) is 5.26 Å². The lowest BCUT2D eigenvalue weighted by atomic mass is 9.51. The number of carbonyl (C=O) groups is 2. The summed E-state index contributed by atoms with van der Waals surface area (Å²) in [4.78, 5) is 35.2. The van der Waals surface area contributed by atoms with Crippen LogP contribution in [0.1, 0.15) is 63.4 Å². The number of aliphatic hydroxyl groups is 1. The van der Waals surface area contributed by atoms with Gasteiger partial charge >= 0.3 is 0 Å². The summed E-state index contributed by atoms with van der Waals surface area (Å²) in [7, 11) is 1.72. The van der Waals surface area contributed by atoms with Crippen molar-refractivity contribution in [2.24, 2.45) is 29.1 Å². The van der Waals surface area contributed by atoms with Gasteiger partial charge < -0.3 is 15.3 Å². The Morgan fingerprint density at radius 1 is 1.38 bits per heavy atom. The zero-order chi connectivity index (χ0) is 23.5. The van der Waals surface area contributed by atoms with E-state index in [1.165, 1.54) is 18.6 Å². The van der Waals surface area contributed by atoms with Crippen molar-refractivity contribution in [3.05, 3.63) is 24.3 Å². The summed E-state index contributed by atoms with van der Waals surface area (Å²) in [6, 6.07) is 2.01. The number of fused-ring (bicyclic) bond motifs is 1. The van der Waals surface area contributed by atoms with E-state index < -0.39 is 6.10 Å². The lowest BCUT2D eigenvalue weighted by Gasteiger charge is -2.56. The van der Waals surface area contributed by atoms with Crippen molar-refractivity contribution in [2.75, 3.05) is 13.6 Å². The van der Waals surface area contributed by atoms with Crippen molar-refractivity contribution < 1.29 is 14.7 Å². The molecule has 174 valence electrons. The van der Waals surface area contributed by atoms with Crippen LogP contribution in [0.15, 0.2) is 18.6 Å². The van der Waals surface area contributed by atoms with Gasteiger partial charge in [0.25, 0.3) is 5.91 Å². The molecule has 0 bridgehead atoms. The summed E-state index contributed by atoms with van der Waals surface area (Å²) in [5, 5.41) is 23.4. The first kappa shape index (κ1) is 24.1. The van der Waals surface area contributed by atoms with E-state index in [-0.39, 0.29) is 52.6 Å². The zero-order valence-electron chi connectivity index (χ0n) is 19.5. The van der Waals surface area contributed by atoms with Crippen LogP contribution in [0.25, 0.3) is 0 Å². The fraction of sp³-hybridized carbons (Fsp3) is 0.708. The first-order valence-electron chi connectivity index (χ1n) is 11.6. The van der Waals surface area contributed by atoms with Gasteiger partial charge in [-0.1, -0.05) is 20.8 Å². The number of amides is 2. The first-order chi connectivity index (χ1) is 15.2. The SMILES string of the molecule is C[C@H]1[C@@H]2[C@@H](O)C([C@H](C)C(=O)N(C)CCC#N)CC[C@@]2(C)CC[C@@H]1NC(=O)c1cnccn1. The highest BCUT2D eigenvalue weighted by Gasteiger charge is 2.54. The third kappa shape index (κ3) is 4.78. The second kappa shape index (κ2) is 9.95. The van der Waals surface area contributed by atoms with Gasteiger partial charge in [-0.2, -0.15) is 5.26 Å².